The number of hydrogen-bond donors (Lipinski definition) is 2. The molecule has 4 amide bonds. The number of carbonyl (C=O) groups excluding carboxylic acids is 4. The van der Waals surface area contributed by atoms with Gasteiger partial charge in [-0.05, 0) is 75.7 Å². The summed E-state index contributed by atoms with van der Waals surface area (Å²) in [6, 6.07) is 4.16. The number of nitrogens with one attached hydrogen (secondary N) is 2. The molecule has 11 nitrogen and oxygen atoms in total. The number of methoxy groups -OCH3 is 2. The molecule has 0 radical (unpaired) electrons. The molecule has 9 atom stereocenters. The Morgan fingerprint density at radius 2 is 1.52 bits per heavy atom. The predicted octanol–water partition coefficient (Wildman–Crippen LogP) is 4.52. The Bertz CT molecular complexity index is 1290. The second-order valence-electron chi connectivity index (χ2n) is 15.7. The zero-order valence-corrected chi connectivity index (χ0v) is 34.1. The molecule has 1 heterocycles. The number of rotatable bonds is 20. The molecule has 1 aliphatic heterocycles. The van der Waals surface area contributed by atoms with Gasteiger partial charge in [-0.25, -0.2) is 4.39 Å². The number of amides is 4. The van der Waals surface area contributed by atoms with Gasteiger partial charge >= 0.3 is 0 Å². The molecule has 2 rings (SSSR count). The van der Waals surface area contributed by atoms with E-state index < -0.39 is 36.3 Å². The van der Waals surface area contributed by atoms with E-state index in [1.807, 2.05) is 79.3 Å². The van der Waals surface area contributed by atoms with E-state index in [0.717, 1.165) is 18.4 Å². The van der Waals surface area contributed by atoms with Gasteiger partial charge < -0.3 is 29.9 Å². The summed E-state index contributed by atoms with van der Waals surface area (Å²) in [5, 5.41) is 6.10. The van der Waals surface area contributed by atoms with Crippen LogP contribution in [-0.4, -0.2) is 123 Å². The molecule has 1 aliphatic rings. The minimum absolute atomic E-state index is 0.0119. The molecule has 12 heteroatoms. The van der Waals surface area contributed by atoms with Crippen LogP contribution in [-0.2, 0) is 35.1 Å². The van der Waals surface area contributed by atoms with Crippen molar-refractivity contribution in [3.8, 4) is 0 Å². The van der Waals surface area contributed by atoms with E-state index in [1.54, 1.807) is 38.3 Å². The molecule has 52 heavy (non-hydrogen) atoms. The smallest absolute Gasteiger partial charge is 0.245 e. The van der Waals surface area contributed by atoms with Crippen LogP contribution in [0.2, 0.25) is 0 Å². The Balaban J connectivity index is 2.23. The second-order valence-corrected chi connectivity index (χ2v) is 15.7. The van der Waals surface area contributed by atoms with Crippen LogP contribution in [0.5, 0.6) is 0 Å². The zero-order chi connectivity index (χ0) is 39.4. The van der Waals surface area contributed by atoms with Crippen LogP contribution < -0.4 is 10.6 Å². The maximum Gasteiger partial charge on any atom is 0.245 e. The first kappa shape index (κ1) is 45.1. The predicted molar refractivity (Wildman–Crippen MR) is 203 cm³/mol. The fraction of sp³-hybridized carbons (Fsp3) is 0.750. The lowest BCUT2D eigenvalue weighted by molar-refractivity contribution is -0.148. The highest BCUT2D eigenvalue weighted by Gasteiger charge is 2.43. The molecule has 1 aromatic rings. The molecule has 296 valence electrons. The van der Waals surface area contributed by atoms with E-state index >= 15 is 0 Å². The maximum atomic E-state index is 14.2. The molecule has 1 fully saturated rings. The average molecular weight is 734 g/mol. The van der Waals surface area contributed by atoms with Gasteiger partial charge in [0.05, 0.1) is 42.7 Å². The van der Waals surface area contributed by atoms with Gasteiger partial charge in [-0.3, -0.25) is 24.1 Å². The summed E-state index contributed by atoms with van der Waals surface area (Å²) in [6.45, 7) is 16.1. The lowest BCUT2D eigenvalue weighted by Gasteiger charge is -2.41. The third-order valence-corrected chi connectivity index (χ3v) is 10.8. The van der Waals surface area contributed by atoms with Gasteiger partial charge in [0.15, 0.2) is 0 Å². The number of nitrogens with zero attached hydrogens (tertiary/aromatic N) is 3. The van der Waals surface area contributed by atoms with Crippen LogP contribution in [0.4, 0.5) is 4.39 Å². The highest BCUT2D eigenvalue weighted by Crippen LogP contribution is 2.30. The topological polar surface area (TPSA) is 121 Å². The summed E-state index contributed by atoms with van der Waals surface area (Å²) >= 11 is 0. The summed E-state index contributed by atoms with van der Waals surface area (Å²) in [7, 11) is 8.59. The van der Waals surface area contributed by atoms with Gasteiger partial charge in [-0.2, -0.15) is 0 Å². The van der Waals surface area contributed by atoms with Gasteiger partial charge in [0.25, 0.3) is 0 Å². The number of carbonyl (C=O) groups is 4. The Hall–Kier alpha value is -3.09. The lowest BCUT2D eigenvalue weighted by atomic mass is 9.89. The average Bonchev–Trinajstić information content (AvgIpc) is 3.56. The number of hydrogen-bond acceptors (Lipinski definition) is 7. The van der Waals surface area contributed by atoms with Crippen LogP contribution >= 0.6 is 0 Å². The van der Waals surface area contributed by atoms with Crippen molar-refractivity contribution in [3.05, 3.63) is 35.6 Å². The minimum Gasteiger partial charge on any atom is -0.379 e. The Morgan fingerprint density at radius 3 is 2.02 bits per heavy atom. The maximum absolute atomic E-state index is 14.2. The number of halogens is 1. The molecule has 1 aromatic carbocycles. The quantitative estimate of drug-likeness (QED) is 0.202. The van der Waals surface area contributed by atoms with Crippen molar-refractivity contribution in [1.82, 2.24) is 25.3 Å². The minimum atomic E-state index is -0.755. The van der Waals surface area contributed by atoms with E-state index in [9.17, 15) is 23.6 Å². The Labute approximate surface area is 312 Å². The van der Waals surface area contributed by atoms with Crippen molar-refractivity contribution in [2.24, 2.45) is 23.7 Å². The molecular formula is C40H68FN5O6. The number of likely N-dealkylation sites (N-methyl/N-ethyl adjacent to an activating group) is 2. The summed E-state index contributed by atoms with van der Waals surface area (Å²) < 4.78 is 25.3. The van der Waals surface area contributed by atoms with E-state index in [-0.39, 0.29) is 65.7 Å². The summed E-state index contributed by atoms with van der Waals surface area (Å²) in [5.74, 6) is -1.70. The van der Waals surface area contributed by atoms with Gasteiger partial charge in [0.1, 0.15) is 11.9 Å². The van der Waals surface area contributed by atoms with Gasteiger partial charge in [0, 0.05) is 33.9 Å². The molecule has 0 aliphatic carbocycles. The first-order chi connectivity index (χ1) is 24.4. The fourth-order valence-electron chi connectivity index (χ4n) is 7.81. The molecule has 1 unspecified atom stereocenters. The van der Waals surface area contributed by atoms with E-state index in [0.29, 0.717) is 19.4 Å². The van der Waals surface area contributed by atoms with Crippen molar-refractivity contribution in [1.29, 1.82) is 0 Å². The molecule has 0 aromatic heterocycles. The number of benzene rings is 1. The normalized spacial score (nSPS) is 19.5. The monoisotopic (exact) mass is 734 g/mol. The first-order valence-electron chi connectivity index (χ1n) is 19.0. The third kappa shape index (κ3) is 12.0. The number of ether oxygens (including phenoxy) is 2. The molecule has 0 spiro atoms. The zero-order valence-electron chi connectivity index (χ0n) is 34.1. The lowest BCUT2D eigenvalue weighted by Crippen LogP contribution is -2.59. The number of likely N-dealkylation sites (tertiary alicyclic amines) is 1. The van der Waals surface area contributed by atoms with Crippen molar-refractivity contribution < 1.29 is 33.0 Å². The Morgan fingerprint density at radius 1 is 0.904 bits per heavy atom. The highest BCUT2D eigenvalue weighted by molar-refractivity contribution is 5.90. The van der Waals surface area contributed by atoms with Crippen LogP contribution in [0.3, 0.4) is 0 Å². The largest absolute Gasteiger partial charge is 0.379 e. The van der Waals surface area contributed by atoms with Gasteiger partial charge in [-0.1, -0.05) is 67.0 Å². The molecule has 0 bridgehead atoms. The van der Waals surface area contributed by atoms with Crippen molar-refractivity contribution >= 4 is 23.6 Å². The SMILES string of the molecule is CC[C@H](C)C([C@@H](CC(=O)N1CCC[C@H]1[C@H](OC)[C@@H](C)C(=O)N[C@H](C)Cc1ccc(F)cc1)OC)N(C)C(=O)[C@@H](NC(=O)[C@H](C(C)C)N(C)C)C(C)C. The van der Waals surface area contributed by atoms with E-state index in [4.69, 9.17) is 9.47 Å². The summed E-state index contributed by atoms with van der Waals surface area (Å²) in [4.78, 5) is 60.5. The van der Waals surface area contributed by atoms with Crippen molar-refractivity contribution in [2.75, 3.05) is 41.9 Å². The molecule has 1 saturated heterocycles. The standard InChI is InChI=1S/C40H68FN5O6/c1-14-26(6)36(45(11)40(50)34(24(2)3)43-39(49)35(25(4)5)44(9)10)32(51-12)23-33(47)46-21-15-16-31(46)37(52-13)28(8)38(48)42-27(7)22-29-17-19-30(41)20-18-29/h17-20,24-28,31-32,34-37H,14-16,21-23H2,1-13H3,(H,42,48)(H,43,49)/t26-,27+,28+,31-,32+,34-,35-,36?,37+/m0/s1. The highest BCUT2D eigenvalue weighted by atomic mass is 19.1. The van der Waals surface area contributed by atoms with Crippen LogP contribution in [0, 0.1) is 29.5 Å². The van der Waals surface area contributed by atoms with E-state index in [1.165, 1.54) is 12.1 Å². The van der Waals surface area contributed by atoms with Gasteiger partial charge in [-0.15, -0.1) is 0 Å². The molecule has 2 N–H and O–H groups in total. The summed E-state index contributed by atoms with van der Waals surface area (Å²) in [6.07, 6.45) is 1.66. The molecule has 0 saturated carbocycles. The fourth-order valence-corrected chi connectivity index (χ4v) is 7.81. The Kier molecular flexibility index (Phi) is 18.2. The van der Waals surface area contributed by atoms with Crippen molar-refractivity contribution in [2.45, 2.75) is 130 Å². The van der Waals surface area contributed by atoms with Crippen LogP contribution in [0.25, 0.3) is 0 Å². The second kappa shape index (κ2) is 21.0. The van der Waals surface area contributed by atoms with Crippen LogP contribution in [0.1, 0.15) is 86.6 Å². The summed E-state index contributed by atoms with van der Waals surface area (Å²) in [5.41, 5.74) is 0.919. The van der Waals surface area contributed by atoms with Crippen LogP contribution in [0.15, 0.2) is 24.3 Å². The van der Waals surface area contributed by atoms with E-state index in [2.05, 4.69) is 10.6 Å². The van der Waals surface area contributed by atoms with Gasteiger partial charge in [0.2, 0.25) is 23.6 Å². The molecular weight excluding hydrogens is 665 g/mol. The third-order valence-electron chi connectivity index (χ3n) is 10.8. The first-order valence-corrected chi connectivity index (χ1v) is 19.0. The van der Waals surface area contributed by atoms with Crippen molar-refractivity contribution in [3.63, 3.8) is 0 Å².